The lowest BCUT2D eigenvalue weighted by atomic mass is 9.85. The second kappa shape index (κ2) is 6.16. The largest absolute Gasteiger partial charge is 0.484 e. The molecule has 1 aliphatic carbocycles. The molecule has 0 bridgehead atoms. The second-order valence-corrected chi connectivity index (χ2v) is 5.84. The number of aryl methyl sites for hydroxylation is 1. The number of benzene rings is 1. The lowest BCUT2D eigenvalue weighted by Crippen LogP contribution is -2.48. The molecule has 2 atom stereocenters. The Morgan fingerprint density at radius 1 is 1.38 bits per heavy atom. The van der Waals surface area contributed by atoms with E-state index in [0.29, 0.717) is 18.6 Å². The molecule has 2 rings (SSSR count). The van der Waals surface area contributed by atoms with Gasteiger partial charge in [-0.3, -0.25) is 9.59 Å². The third-order valence-electron chi connectivity index (χ3n) is 4.17. The number of ether oxygens (including phenoxy) is 1. The molecule has 114 valence electrons. The van der Waals surface area contributed by atoms with Gasteiger partial charge in [0.15, 0.2) is 6.61 Å². The number of hydrogen-bond donors (Lipinski definition) is 2. The van der Waals surface area contributed by atoms with Crippen LogP contribution in [-0.4, -0.2) is 29.6 Å². The molecule has 5 heteroatoms. The summed E-state index contributed by atoms with van der Waals surface area (Å²) in [6, 6.07) is 7.10. The molecule has 1 saturated carbocycles. The van der Waals surface area contributed by atoms with Gasteiger partial charge >= 0.3 is 5.97 Å². The molecule has 1 amide bonds. The quantitative estimate of drug-likeness (QED) is 0.871. The van der Waals surface area contributed by atoms with Gasteiger partial charge < -0.3 is 15.2 Å². The van der Waals surface area contributed by atoms with E-state index in [0.717, 1.165) is 12.0 Å². The highest BCUT2D eigenvalue weighted by atomic mass is 16.5. The standard InChI is InChI=1S/C16H21NO4/c1-11-5-7-12(8-6-11)21-10-14(18)17-13-4-3-9-16(13,2)15(19)20/h5-8,13H,3-4,9-10H2,1-2H3,(H,17,18)(H,19,20). The van der Waals surface area contributed by atoms with Crippen LogP contribution in [0, 0.1) is 12.3 Å². The van der Waals surface area contributed by atoms with Gasteiger partial charge in [-0.1, -0.05) is 24.1 Å². The van der Waals surface area contributed by atoms with Crippen LogP contribution in [0.25, 0.3) is 0 Å². The molecule has 0 saturated heterocycles. The van der Waals surface area contributed by atoms with Crippen molar-refractivity contribution in [2.24, 2.45) is 5.41 Å². The van der Waals surface area contributed by atoms with E-state index in [1.54, 1.807) is 19.1 Å². The van der Waals surface area contributed by atoms with E-state index in [1.165, 1.54) is 0 Å². The summed E-state index contributed by atoms with van der Waals surface area (Å²) in [5, 5.41) is 12.1. The van der Waals surface area contributed by atoms with Gasteiger partial charge in [0.1, 0.15) is 5.75 Å². The highest BCUT2D eigenvalue weighted by Gasteiger charge is 2.45. The topological polar surface area (TPSA) is 75.6 Å². The van der Waals surface area contributed by atoms with Gasteiger partial charge in [-0.2, -0.15) is 0 Å². The number of carbonyl (C=O) groups is 2. The van der Waals surface area contributed by atoms with Crippen molar-refractivity contribution in [2.45, 2.75) is 39.2 Å². The van der Waals surface area contributed by atoms with Gasteiger partial charge in [-0.25, -0.2) is 0 Å². The predicted octanol–water partition coefficient (Wildman–Crippen LogP) is 2.13. The van der Waals surface area contributed by atoms with Crippen LogP contribution in [-0.2, 0) is 9.59 Å². The first-order valence-electron chi connectivity index (χ1n) is 7.14. The van der Waals surface area contributed by atoms with Crippen LogP contribution < -0.4 is 10.1 Å². The van der Waals surface area contributed by atoms with E-state index in [9.17, 15) is 14.7 Å². The number of aliphatic carboxylic acids is 1. The number of carboxylic acid groups (broad SMARTS) is 1. The molecule has 2 unspecified atom stereocenters. The minimum absolute atomic E-state index is 0.102. The molecule has 1 aromatic rings. The van der Waals surface area contributed by atoms with Crippen LogP contribution in [0.2, 0.25) is 0 Å². The van der Waals surface area contributed by atoms with Crippen LogP contribution >= 0.6 is 0 Å². The van der Waals surface area contributed by atoms with Crippen molar-refractivity contribution < 1.29 is 19.4 Å². The van der Waals surface area contributed by atoms with Crippen LogP contribution in [0.15, 0.2) is 24.3 Å². The third-order valence-corrected chi connectivity index (χ3v) is 4.17. The average molecular weight is 291 g/mol. The Balaban J connectivity index is 1.87. The van der Waals surface area contributed by atoms with Crippen LogP contribution in [0.4, 0.5) is 0 Å². The van der Waals surface area contributed by atoms with Crippen molar-refractivity contribution in [2.75, 3.05) is 6.61 Å². The molecular weight excluding hydrogens is 270 g/mol. The summed E-state index contributed by atoms with van der Waals surface area (Å²) in [5.74, 6) is -0.511. The lowest BCUT2D eigenvalue weighted by molar-refractivity contribution is -0.149. The lowest BCUT2D eigenvalue weighted by Gasteiger charge is -2.27. The summed E-state index contributed by atoms with van der Waals surface area (Å²) in [6.45, 7) is 3.56. The highest BCUT2D eigenvalue weighted by molar-refractivity contribution is 5.81. The minimum atomic E-state index is -0.875. The number of amides is 1. The van der Waals surface area contributed by atoms with E-state index in [-0.39, 0.29) is 18.6 Å². The summed E-state index contributed by atoms with van der Waals surface area (Å²) in [6.07, 6.45) is 2.09. The van der Waals surface area contributed by atoms with Crippen LogP contribution in [0.3, 0.4) is 0 Å². The Morgan fingerprint density at radius 3 is 2.67 bits per heavy atom. The number of carbonyl (C=O) groups excluding carboxylic acids is 1. The van der Waals surface area contributed by atoms with Crippen LogP contribution in [0.5, 0.6) is 5.75 Å². The van der Waals surface area contributed by atoms with Gasteiger partial charge in [-0.05, 0) is 38.8 Å². The van der Waals surface area contributed by atoms with Gasteiger partial charge in [-0.15, -0.1) is 0 Å². The number of rotatable bonds is 5. The zero-order chi connectivity index (χ0) is 15.5. The van der Waals surface area contributed by atoms with E-state index >= 15 is 0 Å². The molecule has 2 N–H and O–H groups in total. The smallest absolute Gasteiger partial charge is 0.311 e. The fourth-order valence-corrected chi connectivity index (χ4v) is 2.67. The molecule has 1 aliphatic rings. The third kappa shape index (κ3) is 3.54. The maximum atomic E-state index is 11.9. The molecule has 0 radical (unpaired) electrons. The van der Waals surface area contributed by atoms with E-state index in [2.05, 4.69) is 5.32 Å². The minimum Gasteiger partial charge on any atom is -0.484 e. The van der Waals surface area contributed by atoms with Crippen LogP contribution in [0.1, 0.15) is 31.7 Å². The fraction of sp³-hybridized carbons (Fsp3) is 0.500. The first-order valence-corrected chi connectivity index (χ1v) is 7.14. The van der Waals surface area contributed by atoms with Crippen molar-refractivity contribution in [3.63, 3.8) is 0 Å². The highest BCUT2D eigenvalue weighted by Crippen LogP contribution is 2.38. The first kappa shape index (κ1) is 15.4. The number of hydrogen-bond acceptors (Lipinski definition) is 3. The fourth-order valence-electron chi connectivity index (χ4n) is 2.67. The zero-order valence-electron chi connectivity index (χ0n) is 12.4. The van der Waals surface area contributed by atoms with Gasteiger partial charge in [0.05, 0.1) is 5.41 Å². The Labute approximate surface area is 124 Å². The Morgan fingerprint density at radius 2 is 2.05 bits per heavy atom. The molecule has 0 spiro atoms. The number of carboxylic acids is 1. The molecule has 0 heterocycles. The monoisotopic (exact) mass is 291 g/mol. The molecule has 5 nitrogen and oxygen atoms in total. The van der Waals surface area contributed by atoms with Crippen molar-refractivity contribution in [1.29, 1.82) is 0 Å². The maximum Gasteiger partial charge on any atom is 0.311 e. The van der Waals surface area contributed by atoms with E-state index in [1.807, 2.05) is 19.1 Å². The Bertz CT molecular complexity index is 526. The summed E-state index contributed by atoms with van der Waals surface area (Å²) >= 11 is 0. The number of nitrogens with one attached hydrogen (secondary N) is 1. The normalized spacial score (nSPS) is 24.6. The maximum absolute atomic E-state index is 11.9. The molecule has 0 aromatic heterocycles. The summed E-state index contributed by atoms with van der Waals surface area (Å²) in [5.41, 5.74) is 0.245. The second-order valence-electron chi connectivity index (χ2n) is 5.84. The summed E-state index contributed by atoms with van der Waals surface area (Å²) in [7, 11) is 0. The summed E-state index contributed by atoms with van der Waals surface area (Å²) < 4.78 is 5.40. The Hall–Kier alpha value is -2.04. The molecule has 1 fully saturated rings. The first-order chi connectivity index (χ1) is 9.91. The zero-order valence-corrected chi connectivity index (χ0v) is 12.4. The van der Waals surface area contributed by atoms with E-state index < -0.39 is 11.4 Å². The van der Waals surface area contributed by atoms with Gasteiger partial charge in [0.2, 0.25) is 0 Å². The molecule has 1 aromatic carbocycles. The van der Waals surface area contributed by atoms with E-state index in [4.69, 9.17) is 4.74 Å². The SMILES string of the molecule is Cc1ccc(OCC(=O)NC2CCCC2(C)C(=O)O)cc1. The summed E-state index contributed by atoms with van der Waals surface area (Å²) in [4.78, 5) is 23.3. The average Bonchev–Trinajstić information content (AvgIpc) is 2.81. The molecule has 0 aliphatic heterocycles. The van der Waals surface area contributed by atoms with Crippen molar-refractivity contribution in [3.05, 3.63) is 29.8 Å². The van der Waals surface area contributed by atoms with Crippen molar-refractivity contribution in [1.82, 2.24) is 5.32 Å². The van der Waals surface area contributed by atoms with Crippen molar-refractivity contribution in [3.8, 4) is 5.75 Å². The Kier molecular flexibility index (Phi) is 4.50. The van der Waals surface area contributed by atoms with Crippen molar-refractivity contribution >= 4 is 11.9 Å². The predicted molar refractivity (Wildman–Crippen MR) is 78.2 cm³/mol. The molecule has 21 heavy (non-hydrogen) atoms. The van der Waals surface area contributed by atoms with Gasteiger partial charge in [0, 0.05) is 6.04 Å². The molecular formula is C16H21NO4. The van der Waals surface area contributed by atoms with Gasteiger partial charge in [0.25, 0.3) is 5.91 Å².